The van der Waals surface area contributed by atoms with Gasteiger partial charge in [0.25, 0.3) is 0 Å². The first kappa shape index (κ1) is 13.9. The molecule has 20 heavy (non-hydrogen) atoms. The van der Waals surface area contributed by atoms with Crippen LogP contribution in [0.1, 0.15) is 43.6 Å². The van der Waals surface area contributed by atoms with Gasteiger partial charge in [0.05, 0.1) is 13.2 Å². The van der Waals surface area contributed by atoms with Crippen molar-refractivity contribution in [2.75, 3.05) is 20.2 Å². The Labute approximate surface area is 121 Å². The molecule has 0 spiro atoms. The van der Waals surface area contributed by atoms with Crippen molar-refractivity contribution in [3.05, 3.63) is 29.8 Å². The summed E-state index contributed by atoms with van der Waals surface area (Å²) in [6.45, 7) is 1.97. The van der Waals surface area contributed by atoms with Gasteiger partial charge in [-0.1, -0.05) is 12.1 Å². The second-order valence-electron chi connectivity index (χ2n) is 6.22. The van der Waals surface area contributed by atoms with Crippen LogP contribution >= 0.6 is 0 Å². The lowest BCUT2D eigenvalue weighted by Gasteiger charge is -2.34. The second-order valence-corrected chi connectivity index (χ2v) is 6.22. The van der Waals surface area contributed by atoms with E-state index in [1.807, 2.05) is 0 Å². The van der Waals surface area contributed by atoms with Crippen molar-refractivity contribution >= 4 is 0 Å². The molecule has 3 nitrogen and oxygen atoms in total. The van der Waals surface area contributed by atoms with Gasteiger partial charge in [-0.25, -0.2) is 0 Å². The molecule has 1 N–H and O–H groups in total. The number of aliphatic hydroxyl groups excluding tert-OH is 1. The lowest BCUT2D eigenvalue weighted by Crippen LogP contribution is -2.36. The zero-order chi connectivity index (χ0) is 13.9. The fourth-order valence-electron chi connectivity index (χ4n) is 3.75. The molecule has 2 fully saturated rings. The van der Waals surface area contributed by atoms with Crippen molar-refractivity contribution in [1.82, 2.24) is 4.90 Å². The van der Waals surface area contributed by atoms with Gasteiger partial charge in [-0.2, -0.15) is 0 Å². The first-order valence-corrected chi connectivity index (χ1v) is 7.82. The topological polar surface area (TPSA) is 32.7 Å². The minimum atomic E-state index is -0.0886. The van der Waals surface area contributed by atoms with E-state index in [0.717, 1.165) is 25.3 Å². The van der Waals surface area contributed by atoms with Gasteiger partial charge in [0, 0.05) is 19.1 Å². The van der Waals surface area contributed by atoms with Gasteiger partial charge in [0.15, 0.2) is 0 Å². The van der Waals surface area contributed by atoms with Crippen LogP contribution in [-0.2, 0) is 0 Å². The summed E-state index contributed by atoms with van der Waals surface area (Å²) in [5.41, 5.74) is 1.45. The molecule has 2 aliphatic rings. The maximum absolute atomic E-state index is 9.66. The average Bonchev–Trinajstić information content (AvgIpc) is 2.94. The third-order valence-corrected chi connectivity index (χ3v) is 5.00. The Bertz CT molecular complexity index is 423. The Morgan fingerprint density at radius 2 is 1.75 bits per heavy atom. The standard InChI is InChI=1S/C17H25NO2/c1-20-17-8-4-14(5-9-17)13-2-6-15(7-3-13)18-11-10-16(19)12-18/h4-5,8-9,13,15-16,19H,2-3,6-7,10-12H2,1H3. The van der Waals surface area contributed by atoms with Gasteiger partial charge < -0.3 is 9.84 Å². The Balaban J connectivity index is 1.55. The summed E-state index contributed by atoms with van der Waals surface area (Å²) in [6.07, 6.45) is 5.94. The van der Waals surface area contributed by atoms with E-state index in [0.29, 0.717) is 12.0 Å². The normalized spacial score (nSPS) is 31.4. The minimum Gasteiger partial charge on any atom is -0.497 e. The van der Waals surface area contributed by atoms with Crippen LogP contribution in [0.3, 0.4) is 0 Å². The minimum absolute atomic E-state index is 0.0886. The zero-order valence-corrected chi connectivity index (χ0v) is 12.3. The summed E-state index contributed by atoms with van der Waals surface area (Å²) in [6, 6.07) is 9.25. The van der Waals surface area contributed by atoms with Gasteiger partial charge >= 0.3 is 0 Å². The molecular weight excluding hydrogens is 250 g/mol. The number of ether oxygens (including phenoxy) is 1. The number of likely N-dealkylation sites (tertiary alicyclic amines) is 1. The molecule has 0 bridgehead atoms. The quantitative estimate of drug-likeness (QED) is 0.920. The van der Waals surface area contributed by atoms with Crippen molar-refractivity contribution in [3.8, 4) is 5.75 Å². The highest BCUT2D eigenvalue weighted by Gasteiger charge is 2.30. The second kappa shape index (κ2) is 6.15. The number of β-amino-alcohol motifs (C(OH)–C–C–N with tert-alkyl or cyclic N) is 1. The van der Waals surface area contributed by atoms with Gasteiger partial charge in [-0.15, -0.1) is 0 Å². The van der Waals surface area contributed by atoms with Crippen LogP contribution in [0.4, 0.5) is 0 Å². The summed E-state index contributed by atoms with van der Waals surface area (Å²) in [7, 11) is 1.71. The third kappa shape index (κ3) is 2.99. The number of hydrogen-bond donors (Lipinski definition) is 1. The number of aliphatic hydroxyl groups is 1. The Morgan fingerprint density at radius 1 is 1.05 bits per heavy atom. The van der Waals surface area contributed by atoms with Crippen LogP contribution in [0.2, 0.25) is 0 Å². The summed E-state index contributed by atoms with van der Waals surface area (Å²) in [4.78, 5) is 2.49. The Hall–Kier alpha value is -1.06. The SMILES string of the molecule is COc1ccc(C2CCC(N3CCC(O)C3)CC2)cc1. The predicted molar refractivity (Wildman–Crippen MR) is 80.2 cm³/mol. The molecule has 110 valence electrons. The van der Waals surface area contributed by atoms with Crippen LogP contribution in [0, 0.1) is 0 Å². The largest absolute Gasteiger partial charge is 0.497 e. The van der Waals surface area contributed by atoms with E-state index in [1.54, 1.807) is 7.11 Å². The van der Waals surface area contributed by atoms with Crippen molar-refractivity contribution in [1.29, 1.82) is 0 Å². The summed E-state index contributed by atoms with van der Waals surface area (Å²) in [5, 5.41) is 9.66. The Morgan fingerprint density at radius 3 is 2.30 bits per heavy atom. The molecule has 0 aromatic heterocycles. The highest BCUT2D eigenvalue weighted by Crippen LogP contribution is 2.36. The van der Waals surface area contributed by atoms with E-state index in [1.165, 1.54) is 31.2 Å². The summed E-state index contributed by atoms with van der Waals surface area (Å²) >= 11 is 0. The maximum Gasteiger partial charge on any atom is 0.118 e. The molecule has 0 radical (unpaired) electrons. The van der Waals surface area contributed by atoms with Crippen molar-refractivity contribution in [2.24, 2.45) is 0 Å². The van der Waals surface area contributed by atoms with E-state index < -0.39 is 0 Å². The van der Waals surface area contributed by atoms with Gasteiger partial charge in [0.2, 0.25) is 0 Å². The molecule has 1 unspecified atom stereocenters. The summed E-state index contributed by atoms with van der Waals surface area (Å²) < 4.78 is 5.22. The van der Waals surface area contributed by atoms with Crippen molar-refractivity contribution < 1.29 is 9.84 Å². The lowest BCUT2D eigenvalue weighted by molar-refractivity contribution is 0.138. The maximum atomic E-state index is 9.66. The van der Waals surface area contributed by atoms with E-state index >= 15 is 0 Å². The molecule has 1 aliphatic carbocycles. The highest BCUT2D eigenvalue weighted by molar-refractivity contribution is 5.29. The molecule has 1 aliphatic heterocycles. The number of methoxy groups -OCH3 is 1. The monoisotopic (exact) mass is 275 g/mol. The number of nitrogens with zero attached hydrogens (tertiary/aromatic N) is 1. The predicted octanol–water partition coefficient (Wildman–Crippen LogP) is 2.79. The third-order valence-electron chi connectivity index (χ3n) is 5.00. The molecule has 3 rings (SSSR count). The molecule has 1 saturated carbocycles. The molecule has 1 aromatic carbocycles. The van der Waals surface area contributed by atoms with Crippen LogP contribution in [-0.4, -0.2) is 42.4 Å². The van der Waals surface area contributed by atoms with E-state index in [4.69, 9.17) is 4.74 Å². The Kier molecular flexibility index (Phi) is 4.27. The number of rotatable bonds is 3. The highest BCUT2D eigenvalue weighted by atomic mass is 16.5. The van der Waals surface area contributed by atoms with E-state index in [-0.39, 0.29) is 6.10 Å². The van der Waals surface area contributed by atoms with Crippen molar-refractivity contribution in [2.45, 2.75) is 50.2 Å². The number of hydrogen-bond acceptors (Lipinski definition) is 3. The zero-order valence-electron chi connectivity index (χ0n) is 12.3. The van der Waals surface area contributed by atoms with Gasteiger partial charge in [-0.3, -0.25) is 4.90 Å². The first-order chi connectivity index (χ1) is 9.76. The first-order valence-electron chi connectivity index (χ1n) is 7.82. The fourth-order valence-corrected chi connectivity index (χ4v) is 3.75. The molecule has 1 saturated heterocycles. The fraction of sp³-hybridized carbons (Fsp3) is 0.647. The van der Waals surface area contributed by atoms with E-state index in [2.05, 4.69) is 29.2 Å². The molecular formula is C17H25NO2. The lowest BCUT2D eigenvalue weighted by atomic mass is 9.81. The number of benzene rings is 1. The van der Waals surface area contributed by atoms with Crippen LogP contribution in [0.5, 0.6) is 5.75 Å². The molecule has 1 aromatic rings. The van der Waals surface area contributed by atoms with Crippen LogP contribution in [0.15, 0.2) is 24.3 Å². The molecule has 1 atom stereocenters. The van der Waals surface area contributed by atoms with Crippen LogP contribution in [0.25, 0.3) is 0 Å². The molecule has 0 amide bonds. The summed E-state index contributed by atoms with van der Waals surface area (Å²) in [5.74, 6) is 1.64. The van der Waals surface area contributed by atoms with Crippen molar-refractivity contribution in [3.63, 3.8) is 0 Å². The molecule has 3 heteroatoms. The van der Waals surface area contributed by atoms with Gasteiger partial charge in [-0.05, 0) is 55.7 Å². The van der Waals surface area contributed by atoms with Crippen LogP contribution < -0.4 is 4.74 Å². The average molecular weight is 275 g/mol. The smallest absolute Gasteiger partial charge is 0.118 e. The molecule has 1 heterocycles. The van der Waals surface area contributed by atoms with E-state index in [9.17, 15) is 5.11 Å². The van der Waals surface area contributed by atoms with Gasteiger partial charge in [0.1, 0.15) is 5.75 Å².